The summed E-state index contributed by atoms with van der Waals surface area (Å²) < 4.78 is 33.7. The topological polar surface area (TPSA) is 90.6 Å². The maximum Gasteiger partial charge on any atom is 0.282 e. The molecule has 2 N–H and O–H groups in total. The predicted molar refractivity (Wildman–Crippen MR) is 95.6 cm³/mol. The molecule has 4 rings (SSSR count). The van der Waals surface area contributed by atoms with Crippen molar-refractivity contribution in [3.63, 3.8) is 0 Å². The number of ether oxygens (including phenoxy) is 1. The smallest absolute Gasteiger partial charge is 0.282 e. The Morgan fingerprint density at radius 2 is 1.76 bits per heavy atom. The normalized spacial score (nSPS) is 21.6. The third-order valence-corrected chi connectivity index (χ3v) is 6.84. The van der Waals surface area contributed by atoms with Crippen LogP contribution in [0.5, 0.6) is 0 Å². The molecule has 2 saturated heterocycles. The standard InChI is InChI=1S/C16H23N5O3S/c22-25(23,21-9-11-24-12-10-21)20-7-5-13(6-8-20)17-16-18-14-3-1-2-4-15(14)19-16/h1-4,13H,5-12H2,(H2,17,18,19). The van der Waals surface area contributed by atoms with E-state index < -0.39 is 10.2 Å². The van der Waals surface area contributed by atoms with Crippen LogP contribution < -0.4 is 5.32 Å². The van der Waals surface area contributed by atoms with E-state index in [1.165, 1.54) is 4.31 Å². The van der Waals surface area contributed by atoms with Crippen molar-refractivity contribution in [2.24, 2.45) is 0 Å². The first-order chi connectivity index (χ1) is 12.1. The molecule has 0 bridgehead atoms. The molecule has 0 spiro atoms. The fraction of sp³-hybridized carbons (Fsp3) is 0.562. The van der Waals surface area contributed by atoms with E-state index in [4.69, 9.17) is 4.74 Å². The number of anilines is 1. The van der Waals surface area contributed by atoms with E-state index in [0.717, 1.165) is 29.8 Å². The van der Waals surface area contributed by atoms with Gasteiger partial charge in [-0.05, 0) is 25.0 Å². The summed E-state index contributed by atoms with van der Waals surface area (Å²) in [6.07, 6.45) is 1.53. The van der Waals surface area contributed by atoms with E-state index in [-0.39, 0.29) is 6.04 Å². The molecule has 1 aromatic heterocycles. The highest BCUT2D eigenvalue weighted by Gasteiger charge is 2.33. The molecule has 0 unspecified atom stereocenters. The Kier molecular flexibility index (Phi) is 4.63. The van der Waals surface area contributed by atoms with E-state index in [9.17, 15) is 8.42 Å². The number of hydrogen-bond donors (Lipinski definition) is 2. The summed E-state index contributed by atoms with van der Waals surface area (Å²) >= 11 is 0. The number of H-pyrrole nitrogens is 1. The Balaban J connectivity index is 1.36. The molecule has 8 nitrogen and oxygen atoms in total. The fourth-order valence-electron chi connectivity index (χ4n) is 3.39. The lowest BCUT2D eigenvalue weighted by Gasteiger charge is -2.36. The van der Waals surface area contributed by atoms with Crippen molar-refractivity contribution in [1.82, 2.24) is 18.6 Å². The van der Waals surface area contributed by atoms with Crippen LogP contribution in [-0.4, -0.2) is 72.4 Å². The maximum absolute atomic E-state index is 12.7. The van der Waals surface area contributed by atoms with Gasteiger partial charge in [0.25, 0.3) is 10.2 Å². The minimum absolute atomic E-state index is 0.219. The minimum atomic E-state index is -3.37. The van der Waals surface area contributed by atoms with Gasteiger partial charge in [0.2, 0.25) is 5.95 Å². The van der Waals surface area contributed by atoms with Gasteiger partial charge in [-0.25, -0.2) is 4.98 Å². The second-order valence-corrected chi connectivity index (χ2v) is 8.37. The molecule has 2 fully saturated rings. The van der Waals surface area contributed by atoms with Gasteiger partial charge < -0.3 is 15.0 Å². The second-order valence-electron chi connectivity index (χ2n) is 6.44. The summed E-state index contributed by atoms with van der Waals surface area (Å²) in [6.45, 7) is 2.89. The lowest BCUT2D eigenvalue weighted by molar-refractivity contribution is 0.0696. The van der Waals surface area contributed by atoms with Crippen molar-refractivity contribution in [3.8, 4) is 0 Å². The molecule has 2 aliphatic heterocycles. The van der Waals surface area contributed by atoms with Crippen LogP contribution in [0.25, 0.3) is 11.0 Å². The van der Waals surface area contributed by atoms with Gasteiger partial charge in [0.1, 0.15) is 0 Å². The van der Waals surface area contributed by atoms with Gasteiger partial charge in [-0.15, -0.1) is 0 Å². The lowest BCUT2D eigenvalue weighted by Crippen LogP contribution is -2.51. The van der Waals surface area contributed by atoms with E-state index in [1.54, 1.807) is 4.31 Å². The number of nitrogens with one attached hydrogen (secondary N) is 2. The van der Waals surface area contributed by atoms with E-state index >= 15 is 0 Å². The van der Waals surface area contributed by atoms with Crippen LogP contribution in [0.4, 0.5) is 5.95 Å². The van der Waals surface area contributed by atoms with E-state index in [2.05, 4.69) is 15.3 Å². The zero-order valence-corrected chi connectivity index (χ0v) is 14.8. The van der Waals surface area contributed by atoms with Crippen LogP contribution in [0.3, 0.4) is 0 Å². The highest BCUT2D eigenvalue weighted by molar-refractivity contribution is 7.86. The van der Waals surface area contributed by atoms with Gasteiger partial charge in [-0.2, -0.15) is 17.0 Å². The van der Waals surface area contributed by atoms with E-state index in [0.29, 0.717) is 39.4 Å². The molecule has 0 atom stereocenters. The summed E-state index contributed by atoms with van der Waals surface area (Å²) in [5.41, 5.74) is 1.93. The number of aromatic amines is 1. The first-order valence-electron chi connectivity index (χ1n) is 8.67. The maximum atomic E-state index is 12.7. The number of piperidine rings is 1. The number of morpholine rings is 1. The van der Waals surface area contributed by atoms with Crippen LogP contribution in [0, 0.1) is 0 Å². The molecular formula is C16H23N5O3S. The largest absolute Gasteiger partial charge is 0.379 e. The Morgan fingerprint density at radius 1 is 1.08 bits per heavy atom. The zero-order chi connectivity index (χ0) is 17.3. The summed E-state index contributed by atoms with van der Waals surface area (Å²) in [6, 6.07) is 8.11. The van der Waals surface area contributed by atoms with Gasteiger partial charge in [0.15, 0.2) is 0 Å². The van der Waals surface area contributed by atoms with Crippen LogP contribution >= 0.6 is 0 Å². The molecule has 1 aromatic carbocycles. The molecule has 25 heavy (non-hydrogen) atoms. The van der Waals surface area contributed by atoms with Gasteiger partial charge in [-0.1, -0.05) is 12.1 Å². The number of nitrogens with zero attached hydrogens (tertiary/aromatic N) is 3. The summed E-state index contributed by atoms with van der Waals surface area (Å²) in [5, 5.41) is 3.40. The SMILES string of the molecule is O=S(=O)(N1CCOCC1)N1CCC(Nc2nc3ccccc3[nH]2)CC1. The molecule has 0 radical (unpaired) electrons. The first-order valence-corrected chi connectivity index (χ1v) is 10.1. The van der Waals surface area contributed by atoms with Crippen LogP contribution in [0.1, 0.15) is 12.8 Å². The summed E-state index contributed by atoms with van der Waals surface area (Å²) in [4.78, 5) is 7.79. The van der Waals surface area contributed by atoms with E-state index in [1.807, 2.05) is 24.3 Å². The zero-order valence-electron chi connectivity index (χ0n) is 14.0. The van der Waals surface area contributed by atoms with Crippen molar-refractivity contribution in [1.29, 1.82) is 0 Å². The first kappa shape index (κ1) is 16.8. The van der Waals surface area contributed by atoms with Crippen LogP contribution in [-0.2, 0) is 14.9 Å². The molecule has 0 amide bonds. The highest BCUT2D eigenvalue weighted by Crippen LogP contribution is 2.21. The molecule has 0 saturated carbocycles. The summed E-state index contributed by atoms with van der Waals surface area (Å²) in [5.74, 6) is 0.746. The highest BCUT2D eigenvalue weighted by atomic mass is 32.2. The van der Waals surface area contributed by atoms with Gasteiger partial charge in [0.05, 0.1) is 24.2 Å². The molecular weight excluding hydrogens is 342 g/mol. The lowest BCUT2D eigenvalue weighted by atomic mass is 10.1. The number of benzene rings is 1. The monoisotopic (exact) mass is 365 g/mol. The Labute approximate surface area is 147 Å². The number of imidazole rings is 1. The molecule has 3 heterocycles. The number of hydrogen-bond acceptors (Lipinski definition) is 5. The molecule has 136 valence electrons. The molecule has 0 aliphatic carbocycles. The second kappa shape index (κ2) is 6.91. The van der Waals surface area contributed by atoms with Gasteiger partial charge in [-0.3, -0.25) is 0 Å². The molecule has 2 aliphatic rings. The minimum Gasteiger partial charge on any atom is -0.379 e. The predicted octanol–water partition coefficient (Wildman–Crippen LogP) is 1.02. The van der Waals surface area contributed by atoms with Crippen LogP contribution in [0.2, 0.25) is 0 Å². The number of para-hydroxylation sites is 2. The van der Waals surface area contributed by atoms with Crippen molar-refractivity contribution in [3.05, 3.63) is 24.3 Å². The molecule has 9 heteroatoms. The van der Waals surface area contributed by atoms with Crippen molar-refractivity contribution >= 4 is 27.2 Å². The van der Waals surface area contributed by atoms with Gasteiger partial charge in [0, 0.05) is 32.2 Å². The third kappa shape index (κ3) is 3.50. The number of fused-ring (bicyclic) bond motifs is 1. The van der Waals surface area contributed by atoms with Crippen molar-refractivity contribution < 1.29 is 13.2 Å². The van der Waals surface area contributed by atoms with Crippen molar-refractivity contribution in [2.75, 3.05) is 44.7 Å². The van der Waals surface area contributed by atoms with Gasteiger partial charge >= 0.3 is 0 Å². The van der Waals surface area contributed by atoms with Crippen LogP contribution in [0.15, 0.2) is 24.3 Å². The Bertz CT molecular complexity index is 790. The summed E-state index contributed by atoms with van der Waals surface area (Å²) in [7, 11) is -3.37. The number of rotatable bonds is 4. The third-order valence-electron chi connectivity index (χ3n) is 4.81. The van der Waals surface area contributed by atoms with Crippen molar-refractivity contribution in [2.45, 2.75) is 18.9 Å². The average Bonchev–Trinajstić information content (AvgIpc) is 3.05. The quantitative estimate of drug-likeness (QED) is 0.844. The fourth-order valence-corrected chi connectivity index (χ4v) is 5.00. The average molecular weight is 365 g/mol. The Hall–Kier alpha value is -1.68. The Morgan fingerprint density at radius 3 is 2.48 bits per heavy atom. The molecule has 2 aromatic rings. The number of aromatic nitrogens is 2.